The van der Waals surface area contributed by atoms with E-state index in [4.69, 9.17) is 4.74 Å². The van der Waals surface area contributed by atoms with Crippen LogP contribution in [0.3, 0.4) is 0 Å². The van der Waals surface area contributed by atoms with E-state index in [-0.39, 0.29) is 17.7 Å². The third-order valence-corrected chi connectivity index (χ3v) is 2.70. The lowest BCUT2D eigenvalue weighted by Crippen LogP contribution is -2.47. The first-order valence-electron chi connectivity index (χ1n) is 5.51. The van der Waals surface area contributed by atoms with Gasteiger partial charge in [0.25, 0.3) is 0 Å². The second kappa shape index (κ2) is 4.67. The molecule has 1 amide bonds. The Morgan fingerprint density at radius 2 is 1.86 bits per heavy atom. The zero-order valence-electron chi connectivity index (χ0n) is 9.43. The minimum absolute atomic E-state index is 0.0375. The highest BCUT2D eigenvalue weighted by atomic mass is 16.6. The lowest BCUT2D eigenvalue weighted by molar-refractivity contribution is 0.100. The summed E-state index contributed by atoms with van der Waals surface area (Å²) in [6.45, 7) is 5.83. The van der Waals surface area contributed by atoms with E-state index in [1.165, 1.54) is 19.3 Å². The van der Waals surface area contributed by atoms with Crippen molar-refractivity contribution in [2.24, 2.45) is 0 Å². The van der Waals surface area contributed by atoms with Crippen LogP contribution in [-0.2, 0) is 4.74 Å². The molecule has 0 unspecified atom stereocenters. The molecule has 1 aliphatic carbocycles. The van der Waals surface area contributed by atoms with Crippen molar-refractivity contribution in [2.75, 3.05) is 0 Å². The van der Waals surface area contributed by atoms with Gasteiger partial charge in [0, 0.05) is 5.54 Å². The van der Waals surface area contributed by atoms with Gasteiger partial charge in [-0.25, -0.2) is 4.79 Å². The predicted molar refractivity (Wildman–Crippen MR) is 56.2 cm³/mol. The van der Waals surface area contributed by atoms with E-state index in [9.17, 15) is 4.79 Å². The summed E-state index contributed by atoms with van der Waals surface area (Å²) in [6.07, 6.45) is 5.53. The predicted octanol–water partition coefficient (Wildman–Crippen LogP) is 2.84. The minimum Gasteiger partial charge on any atom is -0.447 e. The van der Waals surface area contributed by atoms with Crippen LogP contribution in [0.1, 0.15) is 52.9 Å². The number of amides is 1. The molecule has 82 valence electrons. The molecule has 14 heavy (non-hydrogen) atoms. The summed E-state index contributed by atoms with van der Waals surface area (Å²) >= 11 is 0. The summed E-state index contributed by atoms with van der Waals surface area (Å²) in [5.41, 5.74) is -0.0375. The van der Waals surface area contributed by atoms with Gasteiger partial charge in [0.15, 0.2) is 0 Å². The van der Waals surface area contributed by atoms with E-state index in [1.807, 2.05) is 13.8 Å². The number of carbonyl (C=O) groups excluding carboxylic acids is 1. The maximum Gasteiger partial charge on any atom is 0.407 e. The molecule has 1 N–H and O–H groups in total. The fraction of sp³-hybridized carbons (Fsp3) is 0.909. The highest BCUT2D eigenvalue weighted by Gasteiger charge is 2.28. The highest BCUT2D eigenvalue weighted by Crippen LogP contribution is 2.27. The van der Waals surface area contributed by atoms with Gasteiger partial charge in [-0.2, -0.15) is 0 Å². The van der Waals surface area contributed by atoms with Gasteiger partial charge >= 0.3 is 6.09 Å². The molecule has 1 fully saturated rings. The molecule has 1 aliphatic rings. The Labute approximate surface area is 86.2 Å². The molecule has 1 saturated carbocycles. The number of carbonyl (C=O) groups is 1. The average molecular weight is 199 g/mol. The van der Waals surface area contributed by atoms with Crippen LogP contribution < -0.4 is 5.32 Å². The van der Waals surface area contributed by atoms with Gasteiger partial charge in [0.05, 0.1) is 6.10 Å². The molecule has 0 aromatic carbocycles. The van der Waals surface area contributed by atoms with E-state index in [1.54, 1.807) is 0 Å². The molecule has 1 rings (SSSR count). The maximum absolute atomic E-state index is 11.4. The van der Waals surface area contributed by atoms with Crippen LogP contribution in [0.4, 0.5) is 4.79 Å². The molecule has 0 aliphatic heterocycles. The average Bonchev–Trinajstić information content (AvgIpc) is 2.02. The van der Waals surface area contributed by atoms with Crippen LogP contribution in [-0.4, -0.2) is 17.7 Å². The van der Waals surface area contributed by atoms with Crippen molar-refractivity contribution in [3.05, 3.63) is 0 Å². The summed E-state index contributed by atoms with van der Waals surface area (Å²) < 4.78 is 5.07. The lowest BCUT2D eigenvalue weighted by atomic mass is 9.83. The van der Waals surface area contributed by atoms with Crippen LogP contribution >= 0.6 is 0 Å². The van der Waals surface area contributed by atoms with Crippen molar-refractivity contribution in [3.63, 3.8) is 0 Å². The van der Waals surface area contributed by atoms with Crippen LogP contribution in [0.15, 0.2) is 0 Å². The molecule has 0 bridgehead atoms. The number of ether oxygens (including phenoxy) is 1. The fourth-order valence-corrected chi connectivity index (χ4v) is 1.95. The molecule has 0 aromatic heterocycles. The van der Waals surface area contributed by atoms with Gasteiger partial charge in [-0.15, -0.1) is 0 Å². The van der Waals surface area contributed by atoms with E-state index < -0.39 is 0 Å². The third-order valence-electron chi connectivity index (χ3n) is 2.70. The molecule has 0 radical (unpaired) electrons. The minimum atomic E-state index is -0.274. The van der Waals surface area contributed by atoms with Crippen LogP contribution in [0.2, 0.25) is 0 Å². The zero-order valence-corrected chi connectivity index (χ0v) is 9.43. The second-order valence-corrected chi connectivity index (χ2v) is 4.70. The van der Waals surface area contributed by atoms with E-state index in [0.717, 1.165) is 12.8 Å². The lowest BCUT2D eigenvalue weighted by Gasteiger charge is -2.34. The molecular weight excluding hydrogens is 178 g/mol. The number of hydrogen-bond acceptors (Lipinski definition) is 2. The Morgan fingerprint density at radius 3 is 2.36 bits per heavy atom. The van der Waals surface area contributed by atoms with Gasteiger partial charge in [0.2, 0.25) is 0 Å². The van der Waals surface area contributed by atoms with Crippen molar-refractivity contribution >= 4 is 6.09 Å². The fourth-order valence-electron chi connectivity index (χ4n) is 1.95. The Bertz CT molecular complexity index is 195. The summed E-state index contributed by atoms with van der Waals surface area (Å²) in [5, 5.41) is 2.97. The van der Waals surface area contributed by atoms with Crippen molar-refractivity contribution in [1.29, 1.82) is 0 Å². The molecule has 0 aromatic rings. The van der Waals surface area contributed by atoms with E-state index in [0.29, 0.717) is 0 Å². The molecule has 3 heteroatoms. The summed E-state index contributed by atoms with van der Waals surface area (Å²) in [7, 11) is 0. The monoisotopic (exact) mass is 199 g/mol. The van der Waals surface area contributed by atoms with Crippen LogP contribution in [0.5, 0.6) is 0 Å². The van der Waals surface area contributed by atoms with E-state index >= 15 is 0 Å². The van der Waals surface area contributed by atoms with E-state index in [2.05, 4.69) is 12.2 Å². The first-order valence-corrected chi connectivity index (χ1v) is 5.51. The number of hydrogen-bond donors (Lipinski definition) is 1. The number of rotatable bonds is 2. The van der Waals surface area contributed by atoms with Crippen molar-refractivity contribution < 1.29 is 9.53 Å². The number of nitrogens with one attached hydrogen (secondary N) is 1. The molecule has 3 nitrogen and oxygen atoms in total. The second-order valence-electron chi connectivity index (χ2n) is 4.70. The van der Waals surface area contributed by atoms with Gasteiger partial charge in [-0.3, -0.25) is 0 Å². The Kier molecular flexibility index (Phi) is 3.78. The first kappa shape index (κ1) is 11.3. The Balaban J connectivity index is 2.37. The number of alkyl carbamates (subject to hydrolysis) is 1. The smallest absolute Gasteiger partial charge is 0.407 e. The molecular formula is C11H21NO2. The van der Waals surface area contributed by atoms with Gasteiger partial charge in [-0.05, 0) is 33.6 Å². The van der Waals surface area contributed by atoms with Crippen LogP contribution in [0, 0.1) is 0 Å². The van der Waals surface area contributed by atoms with Gasteiger partial charge in [0.1, 0.15) is 0 Å². The van der Waals surface area contributed by atoms with Crippen molar-refractivity contribution in [1.82, 2.24) is 5.32 Å². The van der Waals surface area contributed by atoms with Crippen molar-refractivity contribution in [2.45, 2.75) is 64.5 Å². The normalized spacial score (nSPS) is 20.6. The molecule has 0 heterocycles. The highest BCUT2D eigenvalue weighted by molar-refractivity contribution is 5.68. The molecule has 0 atom stereocenters. The Morgan fingerprint density at radius 1 is 1.29 bits per heavy atom. The van der Waals surface area contributed by atoms with Crippen molar-refractivity contribution in [3.8, 4) is 0 Å². The maximum atomic E-state index is 11.4. The topological polar surface area (TPSA) is 38.3 Å². The summed E-state index contributed by atoms with van der Waals surface area (Å²) in [6, 6.07) is 0. The summed E-state index contributed by atoms with van der Waals surface area (Å²) in [4.78, 5) is 11.4. The van der Waals surface area contributed by atoms with Gasteiger partial charge < -0.3 is 10.1 Å². The quantitative estimate of drug-likeness (QED) is 0.742. The van der Waals surface area contributed by atoms with Gasteiger partial charge in [-0.1, -0.05) is 19.3 Å². The SMILES string of the molecule is CC(C)OC(=O)NC1(C)CCCCC1. The third kappa shape index (κ3) is 3.56. The summed E-state index contributed by atoms with van der Waals surface area (Å²) in [5.74, 6) is 0. The standard InChI is InChI=1S/C11H21NO2/c1-9(2)14-10(13)12-11(3)7-5-4-6-8-11/h9H,4-8H2,1-3H3,(H,12,13). The largest absolute Gasteiger partial charge is 0.447 e. The molecule has 0 saturated heterocycles. The zero-order chi connectivity index (χ0) is 10.6. The molecule has 0 spiro atoms. The first-order chi connectivity index (χ1) is 6.52. The Hall–Kier alpha value is -0.730. The van der Waals surface area contributed by atoms with Crippen LogP contribution in [0.25, 0.3) is 0 Å².